The molecule has 0 amide bonds. The van der Waals surface area contributed by atoms with Crippen LogP contribution >= 0.6 is 11.6 Å². The van der Waals surface area contributed by atoms with Crippen molar-refractivity contribution in [3.63, 3.8) is 0 Å². The monoisotopic (exact) mass is 518 g/mol. The molecular weight excluding hydrogens is 508 g/mol. The van der Waals surface area contributed by atoms with Crippen molar-refractivity contribution in [3.05, 3.63) is 45.5 Å². The molecule has 0 unspecified atom stereocenters. The molecule has 0 aliphatic heterocycles. The third-order valence-corrected chi connectivity index (χ3v) is 6.21. The van der Waals surface area contributed by atoms with E-state index in [1.54, 1.807) is 0 Å². The van der Waals surface area contributed by atoms with E-state index in [-0.39, 0.29) is 10.8 Å². The number of azo groups is 1. The molecule has 3 rings (SSSR count). The van der Waals surface area contributed by atoms with Crippen LogP contribution in [0.5, 0.6) is 11.5 Å². The number of phenols is 2. The summed E-state index contributed by atoms with van der Waals surface area (Å²) >= 11 is 5.70. The van der Waals surface area contributed by atoms with Crippen LogP contribution in [-0.4, -0.2) is 41.1 Å². The molecule has 3 aromatic carbocycles. The molecule has 14 nitrogen and oxygen atoms in total. The molecule has 0 saturated heterocycles. The number of anilines is 1. The Morgan fingerprint density at radius 1 is 0.939 bits per heavy atom. The number of nitro groups is 1. The van der Waals surface area contributed by atoms with E-state index in [0.29, 0.717) is 6.07 Å². The summed E-state index contributed by atoms with van der Waals surface area (Å²) in [6.45, 7) is 0. The number of benzene rings is 3. The molecule has 0 atom stereocenters. The number of nitrogens with two attached hydrogens (primary N) is 1. The van der Waals surface area contributed by atoms with Crippen LogP contribution in [0.1, 0.15) is 0 Å². The van der Waals surface area contributed by atoms with Gasteiger partial charge in [-0.2, -0.15) is 16.8 Å². The molecule has 0 fully saturated rings. The zero-order valence-corrected chi connectivity index (χ0v) is 18.1. The van der Waals surface area contributed by atoms with Crippen molar-refractivity contribution in [3.8, 4) is 11.5 Å². The van der Waals surface area contributed by atoms with E-state index in [2.05, 4.69) is 10.2 Å². The zero-order valence-electron chi connectivity index (χ0n) is 15.7. The largest absolute Gasteiger partial charge is 0.505 e. The van der Waals surface area contributed by atoms with Gasteiger partial charge in [0.1, 0.15) is 16.3 Å². The van der Waals surface area contributed by atoms with E-state index in [1.807, 2.05) is 0 Å². The molecule has 0 aliphatic carbocycles. The normalized spacial score (nSPS) is 12.5. The van der Waals surface area contributed by atoms with Crippen LogP contribution in [0.3, 0.4) is 0 Å². The number of nitro benzene ring substituents is 1. The van der Waals surface area contributed by atoms with E-state index in [4.69, 9.17) is 17.3 Å². The lowest BCUT2D eigenvalue weighted by Crippen LogP contribution is -2.02. The average Bonchev–Trinajstić information content (AvgIpc) is 2.67. The van der Waals surface area contributed by atoms with Crippen LogP contribution in [0.25, 0.3) is 10.8 Å². The quantitative estimate of drug-likeness (QED) is 0.108. The van der Waals surface area contributed by atoms with E-state index in [9.17, 15) is 46.3 Å². The van der Waals surface area contributed by atoms with Crippen LogP contribution in [0.15, 0.2) is 50.4 Å². The Hall–Kier alpha value is -3.57. The van der Waals surface area contributed by atoms with Gasteiger partial charge in [-0.25, -0.2) is 0 Å². The van der Waals surface area contributed by atoms with Gasteiger partial charge < -0.3 is 15.9 Å². The van der Waals surface area contributed by atoms with Crippen molar-refractivity contribution in [2.75, 3.05) is 5.73 Å². The maximum atomic E-state index is 11.9. The molecule has 0 saturated carbocycles. The molecule has 174 valence electrons. The maximum absolute atomic E-state index is 11.9. The standard InChI is InChI=1S/C16H11ClN4O10S2/c17-9-3-7(21(24)25)4-11(15(9)22)19-20-14-12(33(29,30)31)2-6-1-8(32(26,27)28)5-10(18)13(6)16(14)23/h1-5,22-23H,18H2,(H,26,27,28)(H,29,30,31). The molecule has 0 spiro atoms. The lowest BCUT2D eigenvalue weighted by molar-refractivity contribution is -0.384. The molecule has 0 heterocycles. The summed E-state index contributed by atoms with van der Waals surface area (Å²) in [5, 5.41) is 37.4. The maximum Gasteiger partial charge on any atom is 0.296 e. The summed E-state index contributed by atoms with van der Waals surface area (Å²) in [5.41, 5.74) is 3.25. The number of nitrogens with zero attached hydrogens (tertiary/aromatic N) is 3. The van der Waals surface area contributed by atoms with E-state index in [0.717, 1.165) is 24.3 Å². The van der Waals surface area contributed by atoms with Crippen molar-refractivity contribution in [1.82, 2.24) is 0 Å². The van der Waals surface area contributed by atoms with Gasteiger partial charge in [-0.05, 0) is 23.6 Å². The summed E-state index contributed by atoms with van der Waals surface area (Å²) < 4.78 is 65.4. The van der Waals surface area contributed by atoms with Gasteiger partial charge in [0.15, 0.2) is 11.5 Å². The molecule has 0 radical (unpaired) electrons. The van der Waals surface area contributed by atoms with Gasteiger partial charge in [-0.1, -0.05) is 11.6 Å². The minimum atomic E-state index is -5.12. The van der Waals surface area contributed by atoms with Gasteiger partial charge in [0.25, 0.3) is 25.9 Å². The fraction of sp³-hybridized carbons (Fsp3) is 0. The van der Waals surface area contributed by atoms with E-state index in [1.165, 1.54) is 0 Å². The highest BCUT2D eigenvalue weighted by atomic mass is 35.5. The zero-order chi connectivity index (χ0) is 24.9. The van der Waals surface area contributed by atoms with Crippen molar-refractivity contribution in [1.29, 1.82) is 0 Å². The molecule has 33 heavy (non-hydrogen) atoms. The summed E-state index contributed by atoms with van der Waals surface area (Å²) in [5.74, 6) is -1.73. The topological polar surface area (TPSA) is 243 Å². The molecule has 6 N–H and O–H groups in total. The highest BCUT2D eigenvalue weighted by molar-refractivity contribution is 7.86. The second-order valence-corrected chi connectivity index (χ2v) is 9.60. The SMILES string of the molecule is Nc1cc(S(=O)(=O)O)cc2cc(S(=O)(=O)O)c(N=Nc3cc([N+](=O)[O-])cc(Cl)c3O)c(O)c12. The molecule has 3 aromatic rings. The Labute approximate surface area is 189 Å². The first-order chi connectivity index (χ1) is 15.1. The first-order valence-electron chi connectivity index (χ1n) is 8.24. The Balaban J connectivity index is 2.35. The summed E-state index contributed by atoms with van der Waals surface area (Å²) in [7, 11) is -9.88. The third kappa shape index (κ3) is 4.64. The van der Waals surface area contributed by atoms with Gasteiger partial charge >= 0.3 is 0 Å². The number of phenolic OH excluding ortho intramolecular Hbond substituents is 2. The Kier molecular flexibility index (Phi) is 5.90. The van der Waals surface area contributed by atoms with Crippen molar-refractivity contribution >= 4 is 65.4 Å². The lowest BCUT2D eigenvalue weighted by atomic mass is 10.1. The second kappa shape index (κ2) is 8.09. The highest BCUT2D eigenvalue weighted by Crippen LogP contribution is 2.45. The summed E-state index contributed by atoms with van der Waals surface area (Å²) in [6, 6.07) is 3.83. The van der Waals surface area contributed by atoms with Crippen molar-refractivity contribution in [2.24, 2.45) is 10.2 Å². The van der Waals surface area contributed by atoms with Crippen LogP contribution in [-0.2, 0) is 20.2 Å². The molecule has 17 heteroatoms. The van der Waals surface area contributed by atoms with Crippen LogP contribution in [0.4, 0.5) is 22.7 Å². The number of hydrogen-bond donors (Lipinski definition) is 5. The average molecular weight is 519 g/mol. The van der Waals surface area contributed by atoms with Crippen LogP contribution in [0.2, 0.25) is 5.02 Å². The number of aromatic hydroxyl groups is 2. The van der Waals surface area contributed by atoms with Gasteiger partial charge in [0, 0.05) is 23.2 Å². The summed E-state index contributed by atoms with van der Waals surface area (Å²) in [6.07, 6.45) is 0. The number of halogens is 1. The number of non-ortho nitro benzene ring substituents is 1. The van der Waals surface area contributed by atoms with Gasteiger partial charge in [0.2, 0.25) is 0 Å². The number of fused-ring (bicyclic) bond motifs is 1. The van der Waals surface area contributed by atoms with Gasteiger partial charge in [-0.3, -0.25) is 19.2 Å². The Morgan fingerprint density at radius 3 is 2.12 bits per heavy atom. The minimum Gasteiger partial charge on any atom is -0.505 e. The smallest absolute Gasteiger partial charge is 0.296 e. The molecular formula is C16H11ClN4O10S2. The first-order valence-corrected chi connectivity index (χ1v) is 11.5. The first kappa shape index (κ1) is 24.1. The fourth-order valence-electron chi connectivity index (χ4n) is 2.79. The number of rotatable bonds is 5. The van der Waals surface area contributed by atoms with Crippen LogP contribution < -0.4 is 5.73 Å². The van der Waals surface area contributed by atoms with Crippen molar-refractivity contribution in [2.45, 2.75) is 9.79 Å². The molecule has 0 bridgehead atoms. The Bertz CT molecular complexity index is 1590. The van der Waals surface area contributed by atoms with E-state index >= 15 is 0 Å². The molecule has 0 aromatic heterocycles. The number of nitrogen functional groups attached to an aromatic ring is 1. The minimum absolute atomic E-state index is 0.312. The lowest BCUT2D eigenvalue weighted by Gasteiger charge is -2.12. The van der Waals surface area contributed by atoms with Crippen molar-refractivity contribution < 1.29 is 41.1 Å². The van der Waals surface area contributed by atoms with E-state index < -0.39 is 74.2 Å². The number of hydrogen-bond acceptors (Lipinski definition) is 11. The van der Waals surface area contributed by atoms with Gasteiger partial charge in [-0.15, -0.1) is 10.2 Å². The third-order valence-electron chi connectivity index (χ3n) is 4.23. The Morgan fingerprint density at radius 2 is 1.58 bits per heavy atom. The molecule has 0 aliphatic rings. The predicted octanol–water partition coefficient (Wildman–Crippen LogP) is 3.30. The predicted molar refractivity (Wildman–Crippen MR) is 114 cm³/mol. The summed E-state index contributed by atoms with van der Waals surface area (Å²) in [4.78, 5) is 8.35. The second-order valence-electron chi connectivity index (χ2n) is 6.39. The fourth-order valence-corrected chi connectivity index (χ4v) is 4.21. The highest BCUT2D eigenvalue weighted by Gasteiger charge is 2.25. The van der Waals surface area contributed by atoms with Gasteiger partial charge in [0.05, 0.1) is 14.8 Å². The van der Waals surface area contributed by atoms with Crippen LogP contribution in [0, 0.1) is 10.1 Å².